The van der Waals surface area contributed by atoms with Crippen molar-refractivity contribution < 1.29 is 19.4 Å². The van der Waals surface area contributed by atoms with Gasteiger partial charge in [0.2, 0.25) is 0 Å². The zero-order valence-corrected chi connectivity index (χ0v) is 11.4. The Bertz CT molecular complexity index is 496. The number of rotatable bonds is 4. The van der Waals surface area contributed by atoms with Crippen LogP contribution < -0.4 is 4.90 Å². The minimum atomic E-state index is -0.733. The molecule has 108 valence electrons. The lowest BCUT2D eigenvalue weighted by atomic mass is 9.97. The number of carboxylic acid groups (broad SMARTS) is 1. The molecule has 0 aromatic carbocycles. The number of hydrogen-bond donors (Lipinski definition) is 1. The number of carbonyl (C=O) groups is 2. The van der Waals surface area contributed by atoms with E-state index in [2.05, 4.69) is 9.88 Å². The van der Waals surface area contributed by atoms with Gasteiger partial charge >= 0.3 is 11.9 Å². The molecule has 1 aromatic heterocycles. The first-order chi connectivity index (χ1) is 9.61. The van der Waals surface area contributed by atoms with Crippen molar-refractivity contribution in [2.75, 3.05) is 24.6 Å². The number of aromatic nitrogens is 1. The van der Waals surface area contributed by atoms with E-state index in [1.54, 1.807) is 19.2 Å². The number of carbonyl (C=O) groups excluding carboxylic acids is 1. The number of nitrogens with zero attached hydrogens (tertiary/aromatic N) is 2. The number of hydrogen-bond acceptors (Lipinski definition) is 5. The van der Waals surface area contributed by atoms with Gasteiger partial charge in [-0.15, -0.1) is 0 Å². The van der Waals surface area contributed by atoms with Crippen LogP contribution in [0.5, 0.6) is 0 Å². The minimum Gasteiger partial charge on any atom is -0.481 e. The van der Waals surface area contributed by atoms with Crippen molar-refractivity contribution in [3.63, 3.8) is 0 Å². The van der Waals surface area contributed by atoms with Crippen molar-refractivity contribution in [3.05, 3.63) is 24.0 Å². The van der Waals surface area contributed by atoms with Gasteiger partial charge in [0.15, 0.2) is 0 Å². The van der Waals surface area contributed by atoms with E-state index < -0.39 is 5.97 Å². The third-order valence-corrected chi connectivity index (χ3v) is 3.44. The summed E-state index contributed by atoms with van der Waals surface area (Å²) in [6, 6.07) is 1.74. The highest BCUT2D eigenvalue weighted by Gasteiger charge is 2.25. The number of ether oxygens (including phenoxy) is 1. The quantitative estimate of drug-likeness (QED) is 0.842. The SMILES string of the molecule is CCOC(=O)c1cncc(N2CCC(C(=O)O)CC2)c1. The minimum absolute atomic E-state index is 0.271. The number of carboxylic acids is 1. The summed E-state index contributed by atoms with van der Waals surface area (Å²) in [5.74, 6) is -1.39. The largest absolute Gasteiger partial charge is 0.481 e. The summed E-state index contributed by atoms with van der Waals surface area (Å²) in [6.45, 7) is 3.40. The average molecular weight is 278 g/mol. The van der Waals surface area contributed by atoms with Crippen molar-refractivity contribution in [2.45, 2.75) is 19.8 Å². The maximum atomic E-state index is 11.7. The lowest BCUT2D eigenvalue weighted by Crippen LogP contribution is -2.36. The van der Waals surface area contributed by atoms with Gasteiger partial charge in [-0.25, -0.2) is 4.79 Å². The molecule has 0 spiro atoms. The molecule has 0 unspecified atom stereocenters. The summed E-state index contributed by atoms with van der Waals surface area (Å²) in [5, 5.41) is 8.98. The first-order valence-corrected chi connectivity index (χ1v) is 6.71. The van der Waals surface area contributed by atoms with Gasteiger partial charge in [0.05, 0.1) is 30.0 Å². The van der Waals surface area contributed by atoms with Crippen molar-refractivity contribution in [1.29, 1.82) is 0 Å². The Labute approximate surface area is 117 Å². The van der Waals surface area contributed by atoms with Gasteiger partial charge in [-0.3, -0.25) is 9.78 Å². The molecule has 1 fully saturated rings. The molecule has 0 atom stereocenters. The van der Waals surface area contributed by atoms with E-state index in [-0.39, 0.29) is 11.9 Å². The van der Waals surface area contributed by atoms with Crippen LogP contribution in [0.4, 0.5) is 5.69 Å². The molecular formula is C14H18N2O4. The van der Waals surface area contributed by atoms with Gasteiger partial charge in [0.1, 0.15) is 0 Å². The van der Waals surface area contributed by atoms with Crippen molar-refractivity contribution in [2.24, 2.45) is 5.92 Å². The van der Waals surface area contributed by atoms with Crippen LogP contribution in [0.2, 0.25) is 0 Å². The normalized spacial score (nSPS) is 15.9. The van der Waals surface area contributed by atoms with Crippen LogP contribution in [0.1, 0.15) is 30.1 Å². The second-order valence-electron chi connectivity index (χ2n) is 4.75. The summed E-state index contributed by atoms with van der Waals surface area (Å²) in [5.41, 5.74) is 1.25. The molecule has 2 heterocycles. The topological polar surface area (TPSA) is 79.7 Å². The molecule has 0 radical (unpaired) electrons. The second-order valence-corrected chi connectivity index (χ2v) is 4.75. The Morgan fingerprint density at radius 3 is 2.70 bits per heavy atom. The van der Waals surface area contributed by atoms with Crippen LogP contribution in [-0.2, 0) is 9.53 Å². The highest BCUT2D eigenvalue weighted by Crippen LogP contribution is 2.23. The zero-order chi connectivity index (χ0) is 14.5. The predicted molar refractivity (Wildman–Crippen MR) is 72.8 cm³/mol. The molecule has 0 amide bonds. The van der Waals surface area contributed by atoms with Crippen LogP contribution in [-0.4, -0.2) is 41.7 Å². The smallest absolute Gasteiger partial charge is 0.339 e. The standard InChI is InChI=1S/C14H18N2O4/c1-2-20-14(19)11-7-12(9-15-8-11)16-5-3-10(4-6-16)13(17)18/h7-10H,2-6H2,1H3,(H,17,18). The van der Waals surface area contributed by atoms with E-state index in [0.29, 0.717) is 38.1 Å². The Morgan fingerprint density at radius 2 is 2.10 bits per heavy atom. The first kappa shape index (κ1) is 14.3. The molecule has 0 bridgehead atoms. The zero-order valence-electron chi connectivity index (χ0n) is 11.4. The van der Waals surface area contributed by atoms with E-state index in [0.717, 1.165) is 5.69 Å². The average Bonchev–Trinajstić information content (AvgIpc) is 2.48. The van der Waals surface area contributed by atoms with Crippen LogP contribution in [0.15, 0.2) is 18.5 Å². The number of pyridine rings is 1. The Kier molecular flexibility index (Phi) is 4.55. The number of esters is 1. The predicted octanol–water partition coefficient (Wildman–Crippen LogP) is 1.56. The van der Waals surface area contributed by atoms with Gasteiger partial charge < -0.3 is 14.7 Å². The highest BCUT2D eigenvalue weighted by atomic mass is 16.5. The fourth-order valence-electron chi connectivity index (χ4n) is 2.31. The van der Waals surface area contributed by atoms with E-state index in [4.69, 9.17) is 9.84 Å². The van der Waals surface area contributed by atoms with Gasteiger partial charge in [-0.2, -0.15) is 0 Å². The molecule has 6 nitrogen and oxygen atoms in total. The lowest BCUT2D eigenvalue weighted by molar-refractivity contribution is -0.142. The molecule has 0 aliphatic carbocycles. The molecule has 1 aliphatic heterocycles. The fraction of sp³-hybridized carbons (Fsp3) is 0.500. The van der Waals surface area contributed by atoms with Crippen LogP contribution in [0.25, 0.3) is 0 Å². The second kappa shape index (κ2) is 6.36. The molecule has 2 rings (SSSR count). The number of anilines is 1. The van der Waals surface area contributed by atoms with Crippen LogP contribution >= 0.6 is 0 Å². The summed E-state index contributed by atoms with van der Waals surface area (Å²) >= 11 is 0. The molecule has 6 heteroatoms. The molecule has 1 N–H and O–H groups in total. The maximum absolute atomic E-state index is 11.7. The maximum Gasteiger partial charge on any atom is 0.339 e. The van der Waals surface area contributed by atoms with Crippen LogP contribution in [0, 0.1) is 5.92 Å². The van der Waals surface area contributed by atoms with E-state index in [1.165, 1.54) is 6.20 Å². The first-order valence-electron chi connectivity index (χ1n) is 6.71. The van der Waals surface area contributed by atoms with E-state index >= 15 is 0 Å². The summed E-state index contributed by atoms with van der Waals surface area (Å²) in [7, 11) is 0. The van der Waals surface area contributed by atoms with Crippen LogP contribution in [0.3, 0.4) is 0 Å². The van der Waals surface area contributed by atoms with E-state index in [1.807, 2.05) is 0 Å². The molecular weight excluding hydrogens is 260 g/mol. The monoisotopic (exact) mass is 278 g/mol. The summed E-state index contributed by atoms with van der Waals surface area (Å²) < 4.78 is 4.94. The van der Waals surface area contributed by atoms with Gasteiger partial charge in [0, 0.05) is 19.3 Å². The molecule has 1 aromatic rings. The molecule has 1 saturated heterocycles. The molecule has 1 aliphatic rings. The van der Waals surface area contributed by atoms with Gasteiger partial charge in [-0.1, -0.05) is 0 Å². The molecule has 20 heavy (non-hydrogen) atoms. The number of aliphatic carboxylic acids is 1. The van der Waals surface area contributed by atoms with Gasteiger partial charge in [0.25, 0.3) is 0 Å². The van der Waals surface area contributed by atoms with Crippen molar-refractivity contribution in [3.8, 4) is 0 Å². The van der Waals surface area contributed by atoms with Crippen molar-refractivity contribution >= 4 is 17.6 Å². The third-order valence-electron chi connectivity index (χ3n) is 3.44. The lowest BCUT2D eigenvalue weighted by Gasteiger charge is -2.31. The van der Waals surface area contributed by atoms with Gasteiger partial charge in [-0.05, 0) is 25.8 Å². The van der Waals surface area contributed by atoms with E-state index in [9.17, 15) is 9.59 Å². The third kappa shape index (κ3) is 3.26. The number of piperidine rings is 1. The summed E-state index contributed by atoms with van der Waals surface area (Å²) in [4.78, 5) is 28.7. The fourth-order valence-corrected chi connectivity index (χ4v) is 2.31. The van der Waals surface area contributed by atoms with Crippen molar-refractivity contribution in [1.82, 2.24) is 4.98 Å². The Morgan fingerprint density at radius 1 is 1.40 bits per heavy atom. The Hall–Kier alpha value is -2.11. The highest BCUT2D eigenvalue weighted by molar-refractivity contribution is 5.90. The summed E-state index contributed by atoms with van der Waals surface area (Å²) in [6.07, 6.45) is 4.38. The Balaban J connectivity index is 2.05. The molecule has 0 saturated carbocycles.